The van der Waals surface area contributed by atoms with Crippen molar-refractivity contribution in [2.45, 2.75) is 0 Å². The largest absolute Gasteiger partial charge is 0.490 e. The smallest absolute Gasteiger partial charge is 0.324 e. The molecule has 0 spiro atoms. The van der Waals surface area contributed by atoms with Gasteiger partial charge in [-0.2, -0.15) is 13.8 Å². The minimum absolute atomic E-state index is 0.0672. The summed E-state index contributed by atoms with van der Waals surface area (Å²) in [5.74, 6) is 0.675. The van der Waals surface area contributed by atoms with E-state index in [1.807, 2.05) is 18.2 Å². The van der Waals surface area contributed by atoms with Crippen molar-refractivity contribution in [3.8, 4) is 11.8 Å². The van der Waals surface area contributed by atoms with E-state index in [1.165, 1.54) is 0 Å². The number of hydrogen-bond acceptors (Lipinski definition) is 5. The lowest BCUT2D eigenvalue weighted by molar-refractivity contribution is 0.200. The summed E-state index contributed by atoms with van der Waals surface area (Å²) in [4.78, 5) is 9.09. The molecule has 0 bridgehead atoms. The van der Waals surface area contributed by atoms with E-state index in [4.69, 9.17) is 9.47 Å². The van der Waals surface area contributed by atoms with Crippen LogP contribution in [0.25, 0.3) is 0 Å². The van der Waals surface area contributed by atoms with E-state index in [0.29, 0.717) is 5.75 Å². The zero-order valence-electron chi connectivity index (χ0n) is 9.22. The quantitative estimate of drug-likeness (QED) is 0.758. The molecule has 2 rings (SSSR count). The Balaban J connectivity index is 1.78. The van der Waals surface area contributed by atoms with Crippen LogP contribution in [0.5, 0.6) is 11.8 Å². The number of benzene rings is 1. The maximum absolute atomic E-state index is 12.6. The normalized spacial score (nSPS) is 10.1. The van der Waals surface area contributed by atoms with Crippen molar-refractivity contribution in [3.05, 3.63) is 42.5 Å². The molecule has 0 unspecified atom stereocenters. The van der Waals surface area contributed by atoms with Gasteiger partial charge < -0.3 is 9.47 Å². The van der Waals surface area contributed by atoms with Crippen molar-refractivity contribution >= 4 is 0 Å². The van der Waals surface area contributed by atoms with E-state index >= 15 is 0 Å². The number of para-hydroxylation sites is 1. The number of halogens is 2. The summed E-state index contributed by atoms with van der Waals surface area (Å²) in [5.41, 5.74) is 0. The Morgan fingerprint density at radius 3 is 2.11 bits per heavy atom. The van der Waals surface area contributed by atoms with E-state index in [-0.39, 0.29) is 13.2 Å². The summed E-state index contributed by atoms with van der Waals surface area (Å²) in [5, 5.41) is 0. The van der Waals surface area contributed by atoms with Gasteiger partial charge >= 0.3 is 18.2 Å². The van der Waals surface area contributed by atoms with Crippen LogP contribution in [-0.4, -0.2) is 28.2 Å². The molecule has 1 heterocycles. The number of ether oxygens (including phenoxy) is 2. The molecule has 0 fully saturated rings. The van der Waals surface area contributed by atoms with Crippen LogP contribution in [0.2, 0.25) is 0 Å². The molecule has 0 aliphatic carbocycles. The van der Waals surface area contributed by atoms with Crippen molar-refractivity contribution in [2.24, 2.45) is 0 Å². The molecule has 0 amide bonds. The zero-order chi connectivity index (χ0) is 12.8. The maximum atomic E-state index is 12.6. The fraction of sp³-hybridized carbons (Fsp3) is 0.182. The van der Waals surface area contributed by atoms with Gasteiger partial charge in [-0.05, 0) is 12.1 Å². The SMILES string of the molecule is Fc1nc(F)nc(OCCOc2ccccc2)n1. The van der Waals surface area contributed by atoms with E-state index in [0.717, 1.165) is 0 Å². The Hall–Kier alpha value is -2.31. The Labute approximate surface area is 101 Å². The summed E-state index contributed by atoms with van der Waals surface area (Å²) in [6.45, 7) is 0.275. The second kappa shape index (κ2) is 5.85. The first-order valence-electron chi connectivity index (χ1n) is 5.12. The molecule has 0 saturated heterocycles. The van der Waals surface area contributed by atoms with Gasteiger partial charge in [0, 0.05) is 0 Å². The standard InChI is InChI=1S/C11H9F2N3O2/c12-9-14-10(13)16-11(15-9)18-7-6-17-8-4-2-1-3-5-8/h1-5H,6-7H2. The molecule has 0 aliphatic heterocycles. The van der Waals surface area contributed by atoms with Crippen molar-refractivity contribution < 1.29 is 18.3 Å². The molecule has 0 radical (unpaired) electrons. The van der Waals surface area contributed by atoms with E-state index in [2.05, 4.69) is 15.0 Å². The lowest BCUT2D eigenvalue weighted by Gasteiger charge is -2.06. The van der Waals surface area contributed by atoms with Crippen molar-refractivity contribution in [2.75, 3.05) is 13.2 Å². The predicted molar refractivity (Wildman–Crippen MR) is 57.2 cm³/mol. The molecule has 0 atom stereocenters. The summed E-state index contributed by atoms with van der Waals surface area (Å²) in [7, 11) is 0. The monoisotopic (exact) mass is 253 g/mol. The van der Waals surface area contributed by atoms with Crippen LogP contribution in [0.1, 0.15) is 0 Å². The first-order valence-corrected chi connectivity index (χ1v) is 5.12. The van der Waals surface area contributed by atoms with Gasteiger partial charge in [-0.1, -0.05) is 18.2 Å². The molecule has 1 aromatic carbocycles. The molecule has 1 aromatic heterocycles. The molecule has 0 aliphatic rings. The Morgan fingerprint density at radius 1 is 0.833 bits per heavy atom. The summed E-state index contributed by atoms with van der Waals surface area (Å²) < 4.78 is 35.4. The highest BCUT2D eigenvalue weighted by Crippen LogP contribution is 2.08. The lowest BCUT2D eigenvalue weighted by atomic mass is 10.3. The van der Waals surface area contributed by atoms with Crippen LogP contribution < -0.4 is 9.47 Å². The van der Waals surface area contributed by atoms with Crippen LogP contribution in [0.3, 0.4) is 0 Å². The molecule has 7 heteroatoms. The summed E-state index contributed by atoms with van der Waals surface area (Å²) >= 11 is 0. The van der Waals surface area contributed by atoms with Gasteiger partial charge in [0.1, 0.15) is 19.0 Å². The minimum Gasteiger partial charge on any atom is -0.490 e. The van der Waals surface area contributed by atoms with Crippen LogP contribution in [0, 0.1) is 12.2 Å². The van der Waals surface area contributed by atoms with Gasteiger partial charge in [0.25, 0.3) is 0 Å². The van der Waals surface area contributed by atoms with Gasteiger partial charge in [0.15, 0.2) is 0 Å². The number of hydrogen-bond donors (Lipinski definition) is 0. The maximum Gasteiger partial charge on any atom is 0.324 e. The van der Waals surface area contributed by atoms with Crippen LogP contribution >= 0.6 is 0 Å². The Morgan fingerprint density at radius 2 is 1.44 bits per heavy atom. The first kappa shape index (κ1) is 12.2. The Bertz CT molecular complexity index is 491. The fourth-order valence-electron chi connectivity index (χ4n) is 1.18. The molecule has 5 nitrogen and oxygen atoms in total. The summed E-state index contributed by atoms with van der Waals surface area (Å²) in [6, 6.07) is 8.67. The van der Waals surface area contributed by atoms with Crippen molar-refractivity contribution in [3.63, 3.8) is 0 Å². The number of nitrogens with zero attached hydrogens (tertiary/aromatic N) is 3. The third-order valence-electron chi connectivity index (χ3n) is 1.89. The molecule has 0 N–H and O–H groups in total. The minimum atomic E-state index is -1.22. The predicted octanol–water partition coefficient (Wildman–Crippen LogP) is 1.61. The van der Waals surface area contributed by atoms with Crippen LogP contribution in [0.15, 0.2) is 30.3 Å². The van der Waals surface area contributed by atoms with Gasteiger partial charge in [-0.3, -0.25) is 0 Å². The van der Waals surface area contributed by atoms with Gasteiger partial charge in [0.2, 0.25) is 0 Å². The van der Waals surface area contributed by atoms with E-state index in [9.17, 15) is 8.78 Å². The highest BCUT2D eigenvalue weighted by atomic mass is 19.1. The zero-order valence-corrected chi connectivity index (χ0v) is 9.22. The molecule has 18 heavy (non-hydrogen) atoms. The molecule has 2 aromatic rings. The lowest BCUT2D eigenvalue weighted by Crippen LogP contribution is -2.12. The summed E-state index contributed by atoms with van der Waals surface area (Å²) in [6.07, 6.45) is -2.44. The second-order valence-electron chi connectivity index (χ2n) is 3.17. The fourth-order valence-corrected chi connectivity index (χ4v) is 1.18. The van der Waals surface area contributed by atoms with Gasteiger partial charge in [0.05, 0.1) is 0 Å². The van der Waals surface area contributed by atoms with Gasteiger partial charge in [-0.15, -0.1) is 9.97 Å². The van der Waals surface area contributed by atoms with Crippen molar-refractivity contribution in [1.82, 2.24) is 15.0 Å². The third kappa shape index (κ3) is 3.62. The average Bonchev–Trinajstić information content (AvgIpc) is 2.35. The van der Waals surface area contributed by atoms with E-state index < -0.39 is 18.2 Å². The highest BCUT2D eigenvalue weighted by Gasteiger charge is 2.06. The second-order valence-corrected chi connectivity index (χ2v) is 3.17. The number of aromatic nitrogens is 3. The molecule has 0 saturated carbocycles. The van der Waals surface area contributed by atoms with Crippen LogP contribution in [0.4, 0.5) is 8.78 Å². The molecular weight excluding hydrogens is 244 g/mol. The first-order chi connectivity index (χ1) is 8.74. The van der Waals surface area contributed by atoms with Crippen LogP contribution in [-0.2, 0) is 0 Å². The van der Waals surface area contributed by atoms with Gasteiger partial charge in [-0.25, -0.2) is 0 Å². The van der Waals surface area contributed by atoms with Crippen molar-refractivity contribution in [1.29, 1.82) is 0 Å². The molecule has 94 valence electrons. The Kier molecular flexibility index (Phi) is 3.95. The molecular formula is C11H9F2N3O2. The highest BCUT2D eigenvalue weighted by molar-refractivity contribution is 5.20. The number of rotatable bonds is 5. The topological polar surface area (TPSA) is 57.1 Å². The average molecular weight is 253 g/mol. The van der Waals surface area contributed by atoms with E-state index in [1.54, 1.807) is 12.1 Å². The third-order valence-corrected chi connectivity index (χ3v) is 1.89.